The van der Waals surface area contributed by atoms with Crippen molar-refractivity contribution in [2.75, 3.05) is 18.1 Å². The molecule has 24 heavy (non-hydrogen) atoms. The number of amides is 1. The van der Waals surface area contributed by atoms with Gasteiger partial charge in [-0.15, -0.1) is 12.4 Å². The van der Waals surface area contributed by atoms with E-state index in [9.17, 15) is 13.6 Å². The molecular weight excluding hydrogens is 358 g/mol. The van der Waals surface area contributed by atoms with Crippen LogP contribution in [0.1, 0.15) is 31.4 Å². The molecule has 1 fully saturated rings. The van der Waals surface area contributed by atoms with E-state index in [4.69, 9.17) is 0 Å². The zero-order chi connectivity index (χ0) is 16.7. The molecule has 2 N–H and O–H groups in total. The molecule has 0 spiro atoms. The van der Waals surface area contributed by atoms with E-state index in [1.165, 1.54) is 6.07 Å². The topological polar surface area (TPSA) is 50.4 Å². The Bertz CT molecular complexity index is 517. The maximum atomic E-state index is 12.5. The number of hydrogen-bond donors (Lipinski definition) is 2. The Labute approximate surface area is 151 Å². The molecule has 4 nitrogen and oxygen atoms in total. The molecule has 1 aromatic rings. The predicted molar refractivity (Wildman–Crippen MR) is 95.2 cm³/mol. The Kier molecular flexibility index (Phi) is 9.39. The Hall–Kier alpha value is -1.05. The van der Waals surface area contributed by atoms with Gasteiger partial charge in [0, 0.05) is 36.1 Å². The molecule has 0 saturated carbocycles. The number of halogens is 3. The second-order valence-electron chi connectivity index (χ2n) is 5.37. The second-order valence-corrected chi connectivity index (χ2v) is 6.52. The van der Waals surface area contributed by atoms with E-state index < -0.39 is 6.61 Å². The van der Waals surface area contributed by atoms with Gasteiger partial charge in [0.05, 0.1) is 6.04 Å². The van der Waals surface area contributed by atoms with Gasteiger partial charge in [0.15, 0.2) is 0 Å². The number of thioether (sulfide) groups is 1. The summed E-state index contributed by atoms with van der Waals surface area (Å²) >= 11 is 1.83. The zero-order valence-electron chi connectivity index (χ0n) is 13.5. The maximum absolute atomic E-state index is 12.5. The van der Waals surface area contributed by atoms with Gasteiger partial charge in [-0.05, 0) is 12.5 Å². The molecule has 1 amide bonds. The Morgan fingerprint density at radius 2 is 2.21 bits per heavy atom. The summed E-state index contributed by atoms with van der Waals surface area (Å²) in [6.07, 6.45) is 0.990. The minimum atomic E-state index is -2.88. The number of ether oxygens (including phenoxy) is 1. The van der Waals surface area contributed by atoms with Crippen LogP contribution >= 0.6 is 24.2 Å². The Morgan fingerprint density at radius 1 is 1.46 bits per heavy atom. The average Bonchev–Trinajstić information content (AvgIpc) is 2.54. The molecule has 1 aromatic carbocycles. The molecule has 2 atom stereocenters. The van der Waals surface area contributed by atoms with Gasteiger partial charge in [0.2, 0.25) is 5.91 Å². The van der Waals surface area contributed by atoms with Gasteiger partial charge >= 0.3 is 6.61 Å². The lowest BCUT2D eigenvalue weighted by Crippen LogP contribution is -2.42. The van der Waals surface area contributed by atoms with Crippen LogP contribution in [0.5, 0.6) is 5.75 Å². The highest BCUT2D eigenvalue weighted by atomic mass is 35.5. The van der Waals surface area contributed by atoms with Crippen LogP contribution in [0, 0.1) is 0 Å². The summed E-state index contributed by atoms with van der Waals surface area (Å²) in [5.41, 5.74) is 0.578. The van der Waals surface area contributed by atoms with Crippen molar-refractivity contribution in [1.29, 1.82) is 0 Å². The number of alkyl halides is 2. The van der Waals surface area contributed by atoms with E-state index in [1.54, 1.807) is 18.2 Å². The van der Waals surface area contributed by atoms with E-state index >= 15 is 0 Å². The normalized spacial score (nSPS) is 18.6. The van der Waals surface area contributed by atoms with Gasteiger partial charge in [-0.2, -0.15) is 20.5 Å². The van der Waals surface area contributed by atoms with Gasteiger partial charge < -0.3 is 15.4 Å². The van der Waals surface area contributed by atoms with Crippen LogP contribution in [0.4, 0.5) is 8.78 Å². The van der Waals surface area contributed by atoms with Crippen molar-refractivity contribution in [2.45, 2.75) is 38.5 Å². The van der Waals surface area contributed by atoms with Crippen molar-refractivity contribution in [3.05, 3.63) is 29.8 Å². The quantitative estimate of drug-likeness (QED) is 0.761. The van der Waals surface area contributed by atoms with Crippen LogP contribution in [0.3, 0.4) is 0 Å². The number of carbonyl (C=O) groups is 1. The third-order valence-corrected chi connectivity index (χ3v) is 4.82. The Balaban J connectivity index is 0.00000288. The monoisotopic (exact) mass is 380 g/mol. The van der Waals surface area contributed by atoms with Crippen molar-refractivity contribution in [3.63, 3.8) is 0 Å². The van der Waals surface area contributed by atoms with Crippen LogP contribution in [0.25, 0.3) is 0 Å². The van der Waals surface area contributed by atoms with Gasteiger partial charge in [0.1, 0.15) is 5.75 Å². The van der Waals surface area contributed by atoms with Crippen molar-refractivity contribution in [1.82, 2.24) is 10.6 Å². The number of carbonyl (C=O) groups excluding carboxylic acids is 1. The molecule has 2 rings (SSSR count). The summed E-state index contributed by atoms with van der Waals surface area (Å²) in [4.78, 5) is 12.2. The third kappa shape index (κ3) is 6.45. The number of rotatable bonds is 7. The first-order chi connectivity index (χ1) is 11.1. The molecule has 1 saturated heterocycles. The highest BCUT2D eigenvalue weighted by Gasteiger charge is 2.21. The smallest absolute Gasteiger partial charge is 0.387 e. The fraction of sp³-hybridized carbons (Fsp3) is 0.562. The summed E-state index contributed by atoms with van der Waals surface area (Å²) in [6.45, 7) is -0.0724. The molecule has 0 bridgehead atoms. The third-order valence-electron chi connectivity index (χ3n) is 3.68. The molecular formula is C16H23ClF2N2O2S. The second kappa shape index (κ2) is 10.7. The molecule has 0 radical (unpaired) electrons. The predicted octanol–water partition coefficient (Wildman–Crippen LogP) is 3.37. The number of hydrogen-bond acceptors (Lipinski definition) is 4. The lowest BCUT2D eigenvalue weighted by Gasteiger charge is -2.25. The number of para-hydroxylation sites is 1. The Morgan fingerprint density at radius 3 is 2.83 bits per heavy atom. The zero-order valence-corrected chi connectivity index (χ0v) is 15.1. The fourth-order valence-corrected chi connectivity index (χ4v) is 3.55. The molecule has 8 heteroatoms. The SMILES string of the molecule is CCC(NC(=O)CC1CSCCN1)c1ccccc1OC(F)F.Cl. The average molecular weight is 381 g/mol. The maximum Gasteiger partial charge on any atom is 0.387 e. The number of benzene rings is 1. The van der Waals surface area contributed by atoms with Crippen molar-refractivity contribution >= 4 is 30.1 Å². The number of nitrogens with one attached hydrogen (secondary N) is 2. The van der Waals surface area contributed by atoms with Crippen LogP contribution in [0.15, 0.2) is 24.3 Å². The van der Waals surface area contributed by atoms with E-state index in [2.05, 4.69) is 15.4 Å². The van der Waals surface area contributed by atoms with Crippen LogP contribution in [0.2, 0.25) is 0 Å². The summed E-state index contributed by atoms with van der Waals surface area (Å²) in [7, 11) is 0. The summed E-state index contributed by atoms with van der Waals surface area (Å²) in [5, 5.41) is 6.24. The van der Waals surface area contributed by atoms with E-state index in [1.807, 2.05) is 18.7 Å². The van der Waals surface area contributed by atoms with Crippen molar-refractivity contribution in [2.24, 2.45) is 0 Å². The molecule has 1 aliphatic rings. The first kappa shape index (κ1) is 21.0. The molecule has 0 aliphatic carbocycles. The summed E-state index contributed by atoms with van der Waals surface area (Å²) < 4.78 is 29.6. The van der Waals surface area contributed by atoms with Crippen LogP contribution in [-0.2, 0) is 4.79 Å². The van der Waals surface area contributed by atoms with Crippen molar-refractivity contribution in [3.8, 4) is 5.75 Å². The first-order valence-corrected chi connectivity index (χ1v) is 8.89. The lowest BCUT2D eigenvalue weighted by molar-refractivity contribution is -0.122. The summed E-state index contributed by atoms with van der Waals surface area (Å²) in [5.74, 6) is 2.01. The van der Waals surface area contributed by atoms with Crippen LogP contribution in [-0.4, -0.2) is 36.6 Å². The van der Waals surface area contributed by atoms with Gasteiger partial charge in [0.25, 0.3) is 0 Å². The van der Waals surface area contributed by atoms with Crippen molar-refractivity contribution < 1.29 is 18.3 Å². The molecule has 0 aromatic heterocycles. The molecule has 136 valence electrons. The molecule has 2 unspecified atom stereocenters. The highest BCUT2D eigenvalue weighted by Crippen LogP contribution is 2.28. The van der Waals surface area contributed by atoms with Gasteiger partial charge in [-0.1, -0.05) is 25.1 Å². The van der Waals surface area contributed by atoms with E-state index in [-0.39, 0.29) is 36.1 Å². The first-order valence-electron chi connectivity index (χ1n) is 7.74. The van der Waals surface area contributed by atoms with E-state index in [0.717, 1.165) is 18.1 Å². The molecule has 1 aliphatic heterocycles. The van der Waals surface area contributed by atoms with Gasteiger partial charge in [-0.3, -0.25) is 4.79 Å². The standard InChI is InChI=1S/C16H22F2N2O2S.ClH/c1-2-13(12-5-3-4-6-14(12)22-16(17)18)20-15(21)9-11-10-23-8-7-19-11;/h3-6,11,13,16,19H,2,7-10H2,1H3,(H,20,21);1H. The largest absolute Gasteiger partial charge is 0.434 e. The van der Waals surface area contributed by atoms with E-state index in [0.29, 0.717) is 18.4 Å². The lowest BCUT2D eigenvalue weighted by atomic mass is 10.0. The fourth-order valence-electron chi connectivity index (χ4n) is 2.60. The highest BCUT2D eigenvalue weighted by molar-refractivity contribution is 7.99. The minimum Gasteiger partial charge on any atom is -0.434 e. The summed E-state index contributed by atoms with van der Waals surface area (Å²) in [6, 6.07) is 6.42. The van der Waals surface area contributed by atoms with Gasteiger partial charge in [-0.25, -0.2) is 0 Å². The minimum absolute atomic E-state index is 0. The molecule has 1 heterocycles. The van der Waals surface area contributed by atoms with Crippen LogP contribution < -0.4 is 15.4 Å².